The zero-order chi connectivity index (χ0) is 34.3. The quantitative estimate of drug-likeness (QED) is 0.162. The molecule has 4 radical (unpaired) electrons. The Morgan fingerprint density at radius 3 is 0.633 bits per heavy atom. The third kappa shape index (κ3) is 9.20. The molecule has 0 saturated carbocycles. The van der Waals surface area contributed by atoms with Crippen molar-refractivity contribution in [3.8, 4) is 0 Å². The van der Waals surface area contributed by atoms with Gasteiger partial charge in [0.25, 0.3) is 18.1 Å². The van der Waals surface area contributed by atoms with Crippen molar-refractivity contribution in [2.45, 2.75) is 41.5 Å². The first kappa shape index (κ1) is 34.9. The SMILES string of the molecule is Cc1ccc([Si](O[Si](O[Si](c2ccc(C)cc2)c2ccc(C)cc2)c2ccc(C)cc2)O[Si](c2ccc(C)cc2)c2ccc(C)cc2)cc1. The van der Waals surface area contributed by atoms with Gasteiger partial charge in [-0.15, -0.1) is 0 Å². The van der Waals surface area contributed by atoms with Gasteiger partial charge in [-0.1, -0.05) is 179 Å². The molecule has 0 aliphatic heterocycles. The van der Waals surface area contributed by atoms with Crippen LogP contribution < -0.4 is 31.1 Å². The van der Waals surface area contributed by atoms with Crippen molar-refractivity contribution >= 4 is 67.8 Å². The second-order valence-corrected chi connectivity index (χ2v) is 21.1. The molecule has 0 atom stereocenters. The average molecular weight is 707 g/mol. The summed E-state index contributed by atoms with van der Waals surface area (Å²) in [7, 11) is -7.44. The molecule has 0 heterocycles. The van der Waals surface area contributed by atoms with E-state index < -0.39 is 36.6 Å². The van der Waals surface area contributed by atoms with E-state index in [1.807, 2.05) is 0 Å². The zero-order valence-corrected chi connectivity index (χ0v) is 33.1. The maximum absolute atomic E-state index is 7.37. The molecule has 6 aromatic carbocycles. The summed E-state index contributed by atoms with van der Waals surface area (Å²) in [5.41, 5.74) is 7.34. The first-order valence-corrected chi connectivity index (χ1v) is 22.1. The van der Waals surface area contributed by atoms with Gasteiger partial charge in [-0.2, -0.15) is 0 Å². The Labute approximate surface area is 299 Å². The molecule has 0 aliphatic carbocycles. The second kappa shape index (κ2) is 16.2. The summed E-state index contributed by atoms with van der Waals surface area (Å²) in [5.74, 6) is 0. The van der Waals surface area contributed by atoms with Gasteiger partial charge in [0.05, 0.1) is 0 Å². The predicted octanol–water partition coefficient (Wildman–Crippen LogP) is 5.29. The molecule has 0 aliphatic rings. The highest BCUT2D eigenvalue weighted by atomic mass is 28.4. The van der Waals surface area contributed by atoms with Crippen LogP contribution in [0, 0.1) is 41.5 Å². The number of aryl methyl sites for hydroxylation is 6. The summed E-state index contributed by atoms with van der Waals surface area (Å²) in [6, 6.07) is 52.5. The molecule has 49 heavy (non-hydrogen) atoms. The lowest BCUT2D eigenvalue weighted by Gasteiger charge is -2.28. The fourth-order valence-corrected chi connectivity index (χ4v) is 15.7. The highest BCUT2D eigenvalue weighted by molar-refractivity contribution is 6.90. The Hall–Kier alpha value is -3.93. The van der Waals surface area contributed by atoms with Crippen molar-refractivity contribution in [1.29, 1.82) is 0 Å². The van der Waals surface area contributed by atoms with Crippen molar-refractivity contribution in [1.82, 2.24) is 0 Å². The van der Waals surface area contributed by atoms with Crippen molar-refractivity contribution in [2.24, 2.45) is 0 Å². The molecule has 0 amide bonds. The van der Waals surface area contributed by atoms with Crippen LogP contribution >= 0.6 is 0 Å². The van der Waals surface area contributed by atoms with Crippen LogP contribution in [-0.4, -0.2) is 36.6 Å². The maximum Gasteiger partial charge on any atom is 0.403 e. The molecular weight excluding hydrogens is 665 g/mol. The molecule has 0 N–H and O–H groups in total. The third-order valence-electron chi connectivity index (χ3n) is 8.40. The molecule has 0 spiro atoms. The van der Waals surface area contributed by atoms with Crippen LogP contribution in [0.3, 0.4) is 0 Å². The summed E-state index contributed by atoms with van der Waals surface area (Å²) < 4.78 is 22.1. The van der Waals surface area contributed by atoms with Gasteiger partial charge in [-0.3, -0.25) is 0 Å². The molecular formula is C42H42O3Si4. The first-order chi connectivity index (χ1) is 23.7. The minimum Gasteiger partial charge on any atom is -0.424 e. The van der Waals surface area contributed by atoms with E-state index in [4.69, 9.17) is 12.3 Å². The van der Waals surface area contributed by atoms with Gasteiger partial charge in [-0.05, 0) is 72.7 Å². The van der Waals surface area contributed by atoms with E-state index in [0.717, 1.165) is 10.4 Å². The smallest absolute Gasteiger partial charge is 0.403 e. The number of hydrogen-bond donors (Lipinski definition) is 0. The lowest BCUT2D eigenvalue weighted by Crippen LogP contribution is -2.58. The molecule has 0 saturated heterocycles. The van der Waals surface area contributed by atoms with Crippen LogP contribution in [0.1, 0.15) is 33.4 Å². The van der Waals surface area contributed by atoms with E-state index in [2.05, 4.69) is 187 Å². The largest absolute Gasteiger partial charge is 0.424 e. The average Bonchev–Trinajstić information content (AvgIpc) is 3.11. The lowest BCUT2D eigenvalue weighted by molar-refractivity contribution is 0.402. The van der Waals surface area contributed by atoms with Crippen LogP contribution in [0.25, 0.3) is 0 Å². The van der Waals surface area contributed by atoms with E-state index in [9.17, 15) is 0 Å². The van der Waals surface area contributed by atoms with Gasteiger partial charge in [-0.25, -0.2) is 0 Å². The predicted molar refractivity (Wildman–Crippen MR) is 211 cm³/mol. The van der Waals surface area contributed by atoms with E-state index in [1.165, 1.54) is 54.1 Å². The van der Waals surface area contributed by atoms with Gasteiger partial charge in [0.2, 0.25) is 0 Å². The van der Waals surface area contributed by atoms with Crippen molar-refractivity contribution in [3.63, 3.8) is 0 Å². The van der Waals surface area contributed by atoms with Gasteiger partial charge in [0.1, 0.15) is 0 Å². The summed E-state index contributed by atoms with van der Waals surface area (Å²) in [5, 5.41) is 6.96. The van der Waals surface area contributed by atoms with E-state index >= 15 is 0 Å². The number of benzene rings is 6. The standard InChI is InChI=1S/C42H42O3Si4/c1-31-7-19-37(20-8-31)46(38-21-9-32(2)10-22-38)43-48(41-27-15-35(5)16-28-41)45-49(42-29-17-36(6)18-30-42)44-47(39-23-11-33(3)12-24-39)40-25-13-34(4)14-26-40/h7-30H,1-6H3. The minimum absolute atomic E-state index is 1.08. The van der Waals surface area contributed by atoms with Crippen LogP contribution in [0.5, 0.6) is 0 Å². The highest BCUT2D eigenvalue weighted by Crippen LogP contribution is 2.09. The fraction of sp³-hybridized carbons (Fsp3) is 0.143. The summed E-state index contributed by atoms with van der Waals surface area (Å²) >= 11 is 0. The maximum atomic E-state index is 7.37. The van der Waals surface area contributed by atoms with Crippen LogP contribution in [0.15, 0.2) is 146 Å². The Bertz CT molecular complexity index is 1690. The minimum atomic E-state index is -2.05. The van der Waals surface area contributed by atoms with Crippen LogP contribution in [0.4, 0.5) is 0 Å². The van der Waals surface area contributed by atoms with Crippen molar-refractivity contribution < 1.29 is 12.3 Å². The van der Waals surface area contributed by atoms with Crippen molar-refractivity contribution in [2.75, 3.05) is 0 Å². The second-order valence-electron chi connectivity index (χ2n) is 12.7. The van der Waals surface area contributed by atoms with E-state index in [0.29, 0.717) is 0 Å². The fourth-order valence-electron chi connectivity index (χ4n) is 5.32. The van der Waals surface area contributed by atoms with E-state index in [1.54, 1.807) is 0 Å². The Morgan fingerprint density at radius 2 is 0.429 bits per heavy atom. The van der Waals surface area contributed by atoms with Gasteiger partial charge >= 0.3 is 18.6 Å². The van der Waals surface area contributed by atoms with Gasteiger partial charge in [0, 0.05) is 0 Å². The summed E-state index contributed by atoms with van der Waals surface area (Å²) in [6.45, 7) is 12.7. The molecule has 0 fully saturated rings. The van der Waals surface area contributed by atoms with Gasteiger partial charge < -0.3 is 12.3 Å². The normalized spacial score (nSPS) is 11.6. The Morgan fingerprint density at radius 1 is 0.245 bits per heavy atom. The number of rotatable bonds is 12. The molecule has 0 aromatic heterocycles. The van der Waals surface area contributed by atoms with Crippen LogP contribution in [0.2, 0.25) is 0 Å². The Balaban J connectivity index is 1.44. The molecule has 244 valence electrons. The molecule has 6 aromatic rings. The topological polar surface area (TPSA) is 27.7 Å². The summed E-state index contributed by atoms with van der Waals surface area (Å²) in [6.07, 6.45) is 0. The molecule has 0 unspecified atom stereocenters. The van der Waals surface area contributed by atoms with E-state index in [-0.39, 0.29) is 0 Å². The molecule has 3 nitrogen and oxygen atoms in total. The first-order valence-electron chi connectivity index (χ1n) is 16.7. The zero-order valence-electron chi connectivity index (χ0n) is 29.1. The summed E-state index contributed by atoms with van der Waals surface area (Å²) in [4.78, 5) is 0. The van der Waals surface area contributed by atoms with Gasteiger partial charge in [0.15, 0.2) is 0 Å². The lowest BCUT2D eigenvalue weighted by atomic mass is 10.2. The molecule has 6 rings (SSSR count). The monoisotopic (exact) mass is 706 g/mol. The van der Waals surface area contributed by atoms with Crippen molar-refractivity contribution in [3.05, 3.63) is 179 Å². The molecule has 0 bridgehead atoms. The molecule has 7 heteroatoms. The number of hydrogen-bond acceptors (Lipinski definition) is 3. The van der Waals surface area contributed by atoms with Crippen LogP contribution in [-0.2, 0) is 12.3 Å². The highest BCUT2D eigenvalue weighted by Gasteiger charge is 2.36. The Kier molecular flexibility index (Phi) is 11.5. The third-order valence-corrected chi connectivity index (χ3v) is 18.0.